The molecule has 0 bridgehead atoms. The van der Waals surface area contributed by atoms with Gasteiger partial charge in [-0.1, -0.05) is 13.3 Å². The van der Waals surface area contributed by atoms with Crippen LogP contribution in [0.15, 0.2) is 18.2 Å². The van der Waals surface area contributed by atoms with Gasteiger partial charge in [-0.3, -0.25) is 24.1 Å². The van der Waals surface area contributed by atoms with E-state index in [-0.39, 0.29) is 47.1 Å². The average molecular weight is 443 g/mol. The normalized spacial score (nSPS) is 19.2. The van der Waals surface area contributed by atoms with Gasteiger partial charge in [0.1, 0.15) is 5.78 Å². The predicted octanol–water partition coefficient (Wildman–Crippen LogP) is 2.99. The van der Waals surface area contributed by atoms with E-state index in [4.69, 9.17) is 4.74 Å². The molecule has 32 heavy (non-hydrogen) atoms. The fraction of sp³-hybridized carbons (Fsp3) is 0.542. The van der Waals surface area contributed by atoms with Crippen LogP contribution >= 0.6 is 0 Å². The van der Waals surface area contributed by atoms with Crippen LogP contribution in [0.1, 0.15) is 91.4 Å². The molecular weight excluding hydrogens is 412 g/mol. The number of ketones is 1. The number of ether oxygens (including phenoxy) is 1. The van der Waals surface area contributed by atoms with Gasteiger partial charge in [-0.05, 0) is 52.3 Å². The maximum absolute atomic E-state index is 12.9. The molecule has 0 unspecified atom stereocenters. The van der Waals surface area contributed by atoms with E-state index in [1.54, 1.807) is 4.90 Å². The quantitative estimate of drug-likeness (QED) is 0.496. The van der Waals surface area contributed by atoms with Crippen LogP contribution in [-0.2, 0) is 14.3 Å². The maximum Gasteiger partial charge on any atom is 0.338 e. The van der Waals surface area contributed by atoms with Gasteiger partial charge in [0.15, 0.2) is 6.61 Å². The highest BCUT2D eigenvalue weighted by atomic mass is 16.5. The topological polar surface area (TPSA) is 101 Å². The molecule has 8 heteroatoms. The lowest BCUT2D eigenvalue weighted by Gasteiger charge is -2.51. The van der Waals surface area contributed by atoms with Crippen LogP contribution in [-0.4, -0.2) is 63.5 Å². The third kappa shape index (κ3) is 4.31. The summed E-state index contributed by atoms with van der Waals surface area (Å²) in [7, 11) is 0. The average Bonchev–Trinajstić information content (AvgIpc) is 2.92. The highest BCUT2D eigenvalue weighted by Gasteiger charge is 2.47. The van der Waals surface area contributed by atoms with Crippen molar-refractivity contribution in [3.63, 3.8) is 0 Å². The molecule has 2 aliphatic rings. The smallest absolute Gasteiger partial charge is 0.338 e. The molecule has 8 nitrogen and oxygen atoms in total. The number of likely N-dealkylation sites (tertiary alicyclic amines) is 1. The minimum absolute atomic E-state index is 0.0892. The lowest BCUT2D eigenvalue weighted by Crippen LogP contribution is -2.63. The Morgan fingerprint density at radius 2 is 1.56 bits per heavy atom. The highest BCUT2D eigenvalue weighted by molar-refractivity contribution is 6.22. The number of piperidine rings is 1. The van der Waals surface area contributed by atoms with Crippen LogP contribution in [0.3, 0.4) is 0 Å². The summed E-state index contributed by atoms with van der Waals surface area (Å²) in [5.41, 5.74) is -0.846. The van der Waals surface area contributed by atoms with Gasteiger partial charge >= 0.3 is 5.97 Å². The number of imide groups is 1. The first kappa shape index (κ1) is 23.6. The summed E-state index contributed by atoms with van der Waals surface area (Å²) < 4.78 is 5.25. The van der Waals surface area contributed by atoms with Crippen molar-refractivity contribution in [3.05, 3.63) is 34.9 Å². The van der Waals surface area contributed by atoms with Crippen LogP contribution in [0.25, 0.3) is 0 Å². The molecule has 3 amide bonds. The Morgan fingerprint density at radius 1 is 0.969 bits per heavy atom. The fourth-order valence-electron chi connectivity index (χ4n) is 4.89. The zero-order chi connectivity index (χ0) is 23.8. The first-order valence-electron chi connectivity index (χ1n) is 10.9. The number of amides is 3. The number of Topliss-reactive ketones (excluding diaryl/α,β-unsaturated/α-hetero) is 1. The molecule has 3 rings (SSSR count). The Bertz CT molecular complexity index is 974. The molecule has 0 spiro atoms. The van der Waals surface area contributed by atoms with Gasteiger partial charge in [0, 0.05) is 30.5 Å². The van der Waals surface area contributed by atoms with Gasteiger partial charge in [-0.15, -0.1) is 0 Å². The molecule has 2 heterocycles. The van der Waals surface area contributed by atoms with Gasteiger partial charge < -0.3 is 9.64 Å². The van der Waals surface area contributed by atoms with Crippen LogP contribution in [0.5, 0.6) is 0 Å². The second kappa shape index (κ2) is 8.48. The van der Waals surface area contributed by atoms with Gasteiger partial charge in [-0.2, -0.15) is 0 Å². The molecule has 0 saturated carbocycles. The van der Waals surface area contributed by atoms with Crippen LogP contribution < -0.4 is 0 Å². The van der Waals surface area contributed by atoms with Crippen molar-refractivity contribution < 1.29 is 28.7 Å². The number of carbonyl (C=O) groups is 5. The van der Waals surface area contributed by atoms with E-state index in [2.05, 4.69) is 0 Å². The number of rotatable bonds is 6. The first-order chi connectivity index (χ1) is 14.9. The summed E-state index contributed by atoms with van der Waals surface area (Å²) in [5, 5.41) is 0. The van der Waals surface area contributed by atoms with Crippen molar-refractivity contribution in [1.29, 1.82) is 0 Å². The predicted molar refractivity (Wildman–Crippen MR) is 116 cm³/mol. The van der Waals surface area contributed by atoms with Crippen molar-refractivity contribution in [1.82, 2.24) is 9.80 Å². The number of unbranched alkanes of at least 4 members (excludes halogenated alkanes) is 1. The van der Waals surface area contributed by atoms with E-state index >= 15 is 0 Å². The second-order valence-electron chi connectivity index (χ2n) is 9.70. The summed E-state index contributed by atoms with van der Waals surface area (Å²) in [4.78, 5) is 65.4. The number of fused-ring (bicyclic) bond motifs is 1. The van der Waals surface area contributed by atoms with Gasteiger partial charge in [0.2, 0.25) is 0 Å². The van der Waals surface area contributed by atoms with E-state index in [0.29, 0.717) is 13.0 Å². The number of nitrogens with zero attached hydrogens (tertiary/aromatic N) is 2. The van der Waals surface area contributed by atoms with Gasteiger partial charge in [-0.25, -0.2) is 4.79 Å². The number of benzene rings is 1. The summed E-state index contributed by atoms with van der Waals surface area (Å²) in [6, 6.07) is 4.22. The zero-order valence-electron chi connectivity index (χ0n) is 19.3. The molecule has 0 radical (unpaired) electrons. The molecule has 1 saturated heterocycles. The van der Waals surface area contributed by atoms with E-state index in [1.165, 1.54) is 23.1 Å². The van der Waals surface area contributed by atoms with Crippen molar-refractivity contribution in [2.75, 3.05) is 13.2 Å². The Morgan fingerprint density at radius 3 is 2.16 bits per heavy atom. The Hall–Kier alpha value is -3.03. The van der Waals surface area contributed by atoms with Gasteiger partial charge in [0.25, 0.3) is 17.7 Å². The van der Waals surface area contributed by atoms with E-state index in [9.17, 15) is 24.0 Å². The monoisotopic (exact) mass is 442 g/mol. The summed E-state index contributed by atoms with van der Waals surface area (Å²) in [6.07, 6.45) is 2.03. The van der Waals surface area contributed by atoms with Crippen molar-refractivity contribution in [3.8, 4) is 0 Å². The minimum atomic E-state index is -0.753. The van der Waals surface area contributed by atoms with Crippen molar-refractivity contribution in [2.24, 2.45) is 0 Å². The molecule has 0 aromatic heterocycles. The van der Waals surface area contributed by atoms with E-state index in [0.717, 1.165) is 6.42 Å². The summed E-state index contributed by atoms with van der Waals surface area (Å²) in [6.45, 7) is 9.10. The second-order valence-corrected chi connectivity index (χ2v) is 9.70. The molecule has 2 aliphatic heterocycles. The van der Waals surface area contributed by atoms with Crippen LogP contribution in [0.4, 0.5) is 0 Å². The standard InChI is InChI=1S/C24H30N2O6/c1-6-7-10-25-20(29)17-9-8-15(11-18(17)21(25)30)22(31)32-14-19(28)26-23(2,3)12-16(27)13-24(26,4)5/h8-9,11H,6-7,10,12-14H2,1-5H3. The van der Waals surface area contributed by atoms with E-state index < -0.39 is 29.6 Å². The molecule has 0 N–H and O–H groups in total. The third-order valence-electron chi connectivity index (χ3n) is 5.99. The molecule has 172 valence electrons. The molecule has 1 fully saturated rings. The number of hydrogen-bond acceptors (Lipinski definition) is 6. The minimum Gasteiger partial charge on any atom is -0.452 e. The Kier molecular flexibility index (Phi) is 6.26. The fourth-order valence-corrected chi connectivity index (χ4v) is 4.89. The maximum atomic E-state index is 12.9. The number of esters is 1. The van der Waals surface area contributed by atoms with Crippen molar-refractivity contribution in [2.45, 2.75) is 71.4 Å². The molecule has 1 aromatic rings. The van der Waals surface area contributed by atoms with Crippen molar-refractivity contribution >= 4 is 29.5 Å². The summed E-state index contributed by atoms with van der Waals surface area (Å²) >= 11 is 0. The third-order valence-corrected chi connectivity index (χ3v) is 5.99. The lowest BCUT2D eigenvalue weighted by molar-refractivity contribution is -0.156. The molecule has 0 atom stereocenters. The number of hydrogen-bond donors (Lipinski definition) is 0. The number of carbonyl (C=O) groups excluding carboxylic acids is 5. The first-order valence-corrected chi connectivity index (χ1v) is 10.9. The largest absolute Gasteiger partial charge is 0.452 e. The molecule has 1 aromatic carbocycles. The van der Waals surface area contributed by atoms with Crippen LogP contribution in [0.2, 0.25) is 0 Å². The van der Waals surface area contributed by atoms with Crippen LogP contribution in [0, 0.1) is 0 Å². The SMILES string of the molecule is CCCCN1C(=O)c2ccc(C(=O)OCC(=O)N3C(C)(C)CC(=O)CC3(C)C)cc2C1=O. The zero-order valence-corrected chi connectivity index (χ0v) is 19.3. The molecular formula is C24H30N2O6. The molecule has 0 aliphatic carbocycles. The van der Waals surface area contributed by atoms with Gasteiger partial charge in [0.05, 0.1) is 16.7 Å². The summed E-state index contributed by atoms with van der Waals surface area (Å²) in [5.74, 6) is -1.84. The van der Waals surface area contributed by atoms with E-state index in [1.807, 2.05) is 34.6 Å². The highest BCUT2D eigenvalue weighted by Crippen LogP contribution is 2.36. The Balaban J connectivity index is 1.71. The lowest BCUT2D eigenvalue weighted by atomic mass is 9.79. The Labute approximate surface area is 187 Å².